The Hall–Kier alpha value is -2.39. The smallest absolute Gasteiger partial charge is 0.245 e. The molecule has 8 nitrogen and oxygen atoms in total. The second-order valence-electron chi connectivity index (χ2n) is 6.04. The summed E-state index contributed by atoms with van der Waals surface area (Å²) in [4.78, 5) is 12.0. The molecular weight excluding hydrogens is 358 g/mol. The van der Waals surface area contributed by atoms with Crippen molar-refractivity contribution in [2.24, 2.45) is 0 Å². The van der Waals surface area contributed by atoms with Crippen molar-refractivity contribution in [3.05, 3.63) is 35.7 Å². The van der Waals surface area contributed by atoms with E-state index in [1.54, 1.807) is 31.2 Å². The van der Waals surface area contributed by atoms with E-state index in [1.807, 2.05) is 13.8 Å². The summed E-state index contributed by atoms with van der Waals surface area (Å²) in [6, 6.07) is 6.97. The van der Waals surface area contributed by atoms with Gasteiger partial charge in [-0.05, 0) is 52.0 Å². The molecule has 2 aromatic rings. The van der Waals surface area contributed by atoms with Gasteiger partial charge in [0.05, 0.1) is 6.10 Å². The van der Waals surface area contributed by atoms with Gasteiger partial charge in [0.25, 0.3) is 0 Å². The van der Waals surface area contributed by atoms with Crippen LogP contribution in [0.1, 0.15) is 31.7 Å². The first-order chi connectivity index (χ1) is 12.2. The Bertz CT molecular complexity index is 838. The number of rotatable bonds is 8. The van der Waals surface area contributed by atoms with E-state index in [0.717, 1.165) is 0 Å². The van der Waals surface area contributed by atoms with Gasteiger partial charge in [0.15, 0.2) is 5.76 Å². The third-order valence-electron chi connectivity index (χ3n) is 3.39. The number of aryl methyl sites for hydroxylation is 2. The summed E-state index contributed by atoms with van der Waals surface area (Å²) in [5.74, 6) is 0.623. The fourth-order valence-corrected chi connectivity index (χ4v) is 3.70. The van der Waals surface area contributed by atoms with Crippen LogP contribution in [-0.2, 0) is 14.8 Å². The summed E-state index contributed by atoms with van der Waals surface area (Å²) in [7, 11) is -3.77. The van der Waals surface area contributed by atoms with Gasteiger partial charge in [0, 0.05) is 18.7 Å². The molecule has 26 heavy (non-hydrogen) atoms. The van der Waals surface area contributed by atoms with Gasteiger partial charge >= 0.3 is 0 Å². The number of aromatic nitrogens is 1. The van der Waals surface area contributed by atoms with Crippen LogP contribution in [0.25, 0.3) is 0 Å². The molecule has 0 saturated carbocycles. The average molecular weight is 381 g/mol. The minimum absolute atomic E-state index is 0.00709. The van der Waals surface area contributed by atoms with Crippen LogP contribution in [0.15, 0.2) is 33.7 Å². The zero-order valence-electron chi connectivity index (χ0n) is 15.2. The number of anilines is 1. The van der Waals surface area contributed by atoms with E-state index in [0.29, 0.717) is 11.4 Å². The standard InChI is InChI=1S/C17H23N3O5S/c1-11(2)24-15-7-5-14(6-8-15)19-16(21)9-10-18-26(22,23)17-12(3)20-25-13(17)4/h5-8,11,18H,9-10H2,1-4H3,(H,19,21). The molecule has 9 heteroatoms. The van der Waals surface area contributed by atoms with Crippen molar-refractivity contribution in [2.75, 3.05) is 11.9 Å². The van der Waals surface area contributed by atoms with Crippen LogP contribution in [0.4, 0.5) is 5.69 Å². The first-order valence-corrected chi connectivity index (χ1v) is 9.66. The number of benzene rings is 1. The molecule has 1 aromatic heterocycles. The molecule has 0 radical (unpaired) electrons. The van der Waals surface area contributed by atoms with Crippen molar-refractivity contribution in [3.8, 4) is 5.75 Å². The molecule has 0 bridgehead atoms. The quantitative estimate of drug-likeness (QED) is 0.726. The molecule has 1 aromatic carbocycles. The van der Waals surface area contributed by atoms with E-state index >= 15 is 0 Å². The van der Waals surface area contributed by atoms with E-state index in [9.17, 15) is 13.2 Å². The lowest BCUT2D eigenvalue weighted by Gasteiger charge is -2.11. The monoisotopic (exact) mass is 381 g/mol. The number of nitrogens with zero attached hydrogens (tertiary/aromatic N) is 1. The van der Waals surface area contributed by atoms with Crippen LogP contribution in [0.3, 0.4) is 0 Å². The number of carbonyl (C=O) groups excluding carboxylic acids is 1. The van der Waals surface area contributed by atoms with Gasteiger partial charge in [-0.3, -0.25) is 4.79 Å². The Balaban J connectivity index is 1.85. The fourth-order valence-electron chi connectivity index (χ4n) is 2.34. The number of ether oxygens (including phenoxy) is 1. The molecule has 0 unspecified atom stereocenters. The molecule has 0 fully saturated rings. The van der Waals surface area contributed by atoms with Gasteiger partial charge in [0.1, 0.15) is 16.3 Å². The van der Waals surface area contributed by atoms with E-state index in [4.69, 9.17) is 9.26 Å². The Morgan fingerprint density at radius 3 is 2.42 bits per heavy atom. The Labute approximate surface area is 153 Å². The second kappa shape index (κ2) is 8.33. The van der Waals surface area contributed by atoms with E-state index in [-0.39, 0.29) is 41.3 Å². The van der Waals surface area contributed by atoms with Crippen molar-refractivity contribution in [2.45, 2.75) is 45.1 Å². The van der Waals surface area contributed by atoms with Crippen molar-refractivity contribution in [1.29, 1.82) is 0 Å². The number of hydrogen-bond donors (Lipinski definition) is 2. The van der Waals surface area contributed by atoms with Crippen LogP contribution in [0.5, 0.6) is 5.75 Å². The molecule has 0 aliphatic rings. The Morgan fingerprint density at radius 1 is 1.23 bits per heavy atom. The lowest BCUT2D eigenvalue weighted by atomic mass is 10.3. The summed E-state index contributed by atoms with van der Waals surface area (Å²) in [6.45, 7) is 6.89. The molecule has 1 heterocycles. The zero-order valence-corrected chi connectivity index (χ0v) is 16.0. The molecule has 0 aliphatic heterocycles. The maximum absolute atomic E-state index is 12.2. The summed E-state index contributed by atoms with van der Waals surface area (Å²) in [5.41, 5.74) is 0.892. The van der Waals surface area contributed by atoms with Crippen molar-refractivity contribution in [1.82, 2.24) is 9.88 Å². The molecule has 142 valence electrons. The van der Waals surface area contributed by atoms with E-state index < -0.39 is 10.0 Å². The predicted molar refractivity (Wildman–Crippen MR) is 96.6 cm³/mol. The van der Waals surface area contributed by atoms with Crippen molar-refractivity contribution < 1.29 is 22.5 Å². The normalized spacial score (nSPS) is 11.6. The molecule has 2 rings (SSSR count). The Kier molecular flexibility index (Phi) is 6.38. The number of nitrogens with one attached hydrogen (secondary N) is 2. The lowest BCUT2D eigenvalue weighted by Crippen LogP contribution is -2.28. The number of amides is 1. The van der Waals surface area contributed by atoms with Gasteiger partial charge in [-0.2, -0.15) is 0 Å². The van der Waals surface area contributed by atoms with Crippen LogP contribution in [0, 0.1) is 13.8 Å². The highest BCUT2D eigenvalue weighted by Crippen LogP contribution is 2.19. The number of carbonyl (C=O) groups is 1. The Morgan fingerprint density at radius 2 is 1.88 bits per heavy atom. The highest BCUT2D eigenvalue weighted by molar-refractivity contribution is 7.89. The molecule has 2 N–H and O–H groups in total. The summed E-state index contributed by atoms with van der Waals surface area (Å²) >= 11 is 0. The first-order valence-electron chi connectivity index (χ1n) is 8.18. The molecule has 0 atom stereocenters. The number of sulfonamides is 1. The van der Waals surface area contributed by atoms with Crippen LogP contribution >= 0.6 is 0 Å². The minimum Gasteiger partial charge on any atom is -0.491 e. The van der Waals surface area contributed by atoms with Gasteiger partial charge in [-0.15, -0.1) is 0 Å². The van der Waals surface area contributed by atoms with E-state index in [1.165, 1.54) is 6.92 Å². The second-order valence-corrected chi connectivity index (χ2v) is 7.74. The minimum atomic E-state index is -3.77. The summed E-state index contributed by atoms with van der Waals surface area (Å²) in [5, 5.41) is 6.33. The van der Waals surface area contributed by atoms with Gasteiger partial charge < -0.3 is 14.6 Å². The summed E-state index contributed by atoms with van der Waals surface area (Å²) < 4.78 is 37.3. The molecule has 0 spiro atoms. The maximum Gasteiger partial charge on any atom is 0.245 e. The molecule has 0 aliphatic carbocycles. The van der Waals surface area contributed by atoms with Crippen LogP contribution < -0.4 is 14.8 Å². The van der Waals surface area contributed by atoms with Crippen molar-refractivity contribution in [3.63, 3.8) is 0 Å². The lowest BCUT2D eigenvalue weighted by molar-refractivity contribution is -0.116. The predicted octanol–water partition coefficient (Wildman–Crippen LogP) is 2.39. The first kappa shape index (κ1) is 19.9. The van der Waals surface area contributed by atoms with Crippen LogP contribution in [-0.4, -0.2) is 32.1 Å². The highest BCUT2D eigenvalue weighted by Gasteiger charge is 2.23. The number of hydrogen-bond acceptors (Lipinski definition) is 6. The molecular formula is C17H23N3O5S. The fraction of sp³-hybridized carbons (Fsp3) is 0.412. The van der Waals surface area contributed by atoms with Crippen LogP contribution in [0.2, 0.25) is 0 Å². The third kappa shape index (κ3) is 5.30. The molecule has 1 amide bonds. The van der Waals surface area contributed by atoms with Crippen molar-refractivity contribution >= 4 is 21.6 Å². The average Bonchev–Trinajstić information content (AvgIpc) is 2.88. The topological polar surface area (TPSA) is 111 Å². The van der Waals surface area contributed by atoms with Gasteiger partial charge in [0.2, 0.25) is 15.9 Å². The third-order valence-corrected chi connectivity index (χ3v) is 5.10. The highest BCUT2D eigenvalue weighted by atomic mass is 32.2. The maximum atomic E-state index is 12.2. The van der Waals surface area contributed by atoms with Gasteiger partial charge in [-0.25, -0.2) is 13.1 Å². The largest absolute Gasteiger partial charge is 0.491 e. The van der Waals surface area contributed by atoms with E-state index in [2.05, 4.69) is 15.2 Å². The summed E-state index contributed by atoms with van der Waals surface area (Å²) in [6.07, 6.45) is 0.0634. The zero-order chi connectivity index (χ0) is 19.3. The molecule has 0 saturated heterocycles. The van der Waals surface area contributed by atoms with Gasteiger partial charge in [-0.1, -0.05) is 5.16 Å². The SMILES string of the molecule is Cc1noc(C)c1S(=O)(=O)NCCC(=O)Nc1ccc(OC(C)C)cc1.